The Morgan fingerprint density at radius 2 is 0.871 bits per heavy atom. The van der Waals surface area contributed by atoms with E-state index in [1.807, 2.05) is 36.4 Å². The molecule has 3 nitrogen and oxygen atoms in total. The van der Waals surface area contributed by atoms with E-state index in [0.717, 1.165) is 66.7 Å². The maximum Gasteiger partial charge on any atom is 0.160 e. The molecule has 0 bridgehead atoms. The summed E-state index contributed by atoms with van der Waals surface area (Å²) < 4.78 is 6.24. The zero-order valence-electron chi connectivity index (χ0n) is 33.7. The molecule has 290 valence electrons. The Bertz CT molecular complexity index is 3400. The van der Waals surface area contributed by atoms with Crippen LogP contribution in [0.2, 0.25) is 0 Å². The maximum atomic E-state index is 6.24. The van der Waals surface area contributed by atoms with Crippen molar-refractivity contribution in [1.29, 1.82) is 0 Å². The minimum atomic E-state index is -0.496. The standard InChI is InChI=1S/C59H38N2O/c1-4-18-41(19-5-1)58-60-52(40-36-34-39(35-37-40)44-28-17-33-55-57(44)49-27-13-15-32-54(49)62-55)38-53(61-58)46-25-11-10-24-45(46)47-29-16-31-51-56(47)48-26-12-14-30-50(48)59(51,42-20-6-2-7-21-42)43-22-8-3-9-23-43/h1-38H. The fraction of sp³-hybridized carbons (Fsp3) is 0.0169. The van der Waals surface area contributed by atoms with E-state index in [2.05, 4.69) is 194 Å². The quantitative estimate of drug-likeness (QED) is 0.161. The Morgan fingerprint density at radius 3 is 1.63 bits per heavy atom. The molecule has 0 unspecified atom stereocenters. The number of benzene rings is 9. The summed E-state index contributed by atoms with van der Waals surface area (Å²) in [5.41, 5.74) is 18.1. The molecule has 1 aliphatic rings. The summed E-state index contributed by atoms with van der Waals surface area (Å²) in [6, 6.07) is 82.2. The van der Waals surface area contributed by atoms with Crippen LogP contribution >= 0.6 is 0 Å². The summed E-state index contributed by atoms with van der Waals surface area (Å²) in [6.07, 6.45) is 0. The molecule has 12 rings (SSSR count). The van der Waals surface area contributed by atoms with Gasteiger partial charge < -0.3 is 4.42 Å². The summed E-state index contributed by atoms with van der Waals surface area (Å²) in [5, 5.41) is 2.25. The van der Waals surface area contributed by atoms with E-state index in [1.165, 1.54) is 38.9 Å². The second-order valence-corrected chi connectivity index (χ2v) is 16.0. The van der Waals surface area contributed by atoms with Crippen LogP contribution < -0.4 is 0 Å². The molecular weight excluding hydrogens is 753 g/mol. The second kappa shape index (κ2) is 14.5. The summed E-state index contributed by atoms with van der Waals surface area (Å²) in [6.45, 7) is 0. The van der Waals surface area contributed by atoms with Gasteiger partial charge in [0.2, 0.25) is 0 Å². The first-order valence-corrected chi connectivity index (χ1v) is 21.2. The third-order valence-corrected chi connectivity index (χ3v) is 12.6. The van der Waals surface area contributed by atoms with Gasteiger partial charge in [0, 0.05) is 27.5 Å². The minimum absolute atomic E-state index is 0.496. The van der Waals surface area contributed by atoms with Crippen LogP contribution in [0.4, 0.5) is 0 Å². The van der Waals surface area contributed by atoms with Gasteiger partial charge >= 0.3 is 0 Å². The van der Waals surface area contributed by atoms with Crippen LogP contribution in [-0.2, 0) is 5.41 Å². The highest BCUT2D eigenvalue weighted by Crippen LogP contribution is 2.58. The Labute approximate surface area is 360 Å². The van der Waals surface area contributed by atoms with Crippen LogP contribution in [0.3, 0.4) is 0 Å². The lowest BCUT2D eigenvalue weighted by molar-refractivity contribution is 0.669. The van der Waals surface area contributed by atoms with E-state index < -0.39 is 5.41 Å². The van der Waals surface area contributed by atoms with Gasteiger partial charge in [0.25, 0.3) is 0 Å². The zero-order valence-corrected chi connectivity index (χ0v) is 33.7. The molecule has 3 heteroatoms. The monoisotopic (exact) mass is 790 g/mol. The summed E-state index contributed by atoms with van der Waals surface area (Å²) >= 11 is 0. The molecule has 0 fully saturated rings. The molecule has 0 aliphatic heterocycles. The Morgan fingerprint density at radius 1 is 0.339 bits per heavy atom. The van der Waals surface area contributed by atoms with Crippen LogP contribution in [0, 0.1) is 0 Å². The molecule has 0 radical (unpaired) electrons. The number of hydrogen-bond donors (Lipinski definition) is 0. The van der Waals surface area contributed by atoms with Crippen LogP contribution in [0.15, 0.2) is 235 Å². The van der Waals surface area contributed by atoms with Gasteiger partial charge in [-0.15, -0.1) is 0 Å². The Hall–Kier alpha value is -8.14. The first-order chi connectivity index (χ1) is 30.8. The van der Waals surface area contributed by atoms with Gasteiger partial charge in [-0.3, -0.25) is 0 Å². The fourth-order valence-corrected chi connectivity index (χ4v) is 9.94. The normalized spacial score (nSPS) is 12.6. The first kappa shape index (κ1) is 35.8. The molecule has 0 N–H and O–H groups in total. The molecule has 11 aromatic rings. The molecule has 0 spiro atoms. The van der Waals surface area contributed by atoms with Crippen LogP contribution in [0.5, 0.6) is 0 Å². The highest BCUT2D eigenvalue weighted by Gasteiger charge is 2.46. The molecular formula is C59H38N2O. The SMILES string of the molecule is c1ccc(-c2nc(-c3ccc(-c4cccc5oc6ccccc6c45)cc3)cc(-c3ccccc3-c3cccc4c3-c3ccccc3C4(c3ccccc3)c3ccccc3)n2)cc1. The topological polar surface area (TPSA) is 38.9 Å². The molecule has 0 atom stereocenters. The van der Waals surface area contributed by atoms with Crippen molar-refractivity contribution in [3.63, 3.8) is 0 Å². The highest BCUT2D eigenvalue weighted by molar-refractivity contribution is 6.12. The Balaban J connectivity index is 1.04. The highest BCUT2D eigenvalue weighted by atomic mass is 16.3. The van der Waals surface area contributed by atoms with Crippen molar-refractivity contribution in [3.05, 3.63) is 253 Å². The Kier molecular flexibility index (Phi) is 8.39. The maximum absolute atomic E-state index is 6.24. The largest absolute Gasteiger partial charge is 0.456 e. The lowest BCUT2D eigenvalue weighted by atomic mass is 9.67. The van der Waals surface area contributed by atoms with Crippen molar-refractivity contribution in [2.24, 2.45) is 0 Å². The van der Waals surface area contributed by atoms with Crippen LogP contribution in [0.25, 0.3) is 89.2 Å². The number of fused-ring (bicyclic) bond motifs is 6. The van der Waals surface area contributed by atoms with Gasteiger partial charge in [-0.25, -0.2) is 9.97 Å². The van der Waals surface area contributed by atoms with Crippen molar-refractivity contribution in [3.8, 4) is 67.3 Å². The van der Waals surface area contributed by atoms with Gasteiger partial charge in [0.15, 0.2) is 5.82 Å². The number of rotatable bonds is 7. The van der Waals surface area contributed by atoms with Crippen molar-refractivity contribution in [2.75, 3.05) is 0 Å². The number of hydrogen-bond acceptors (Lipinski definition) is 3. The molecule has 0 saturated heterocycles. The van der Waals surface area contributed by atoms with Crippen molar-refractivity contribution < 1.29 is 4.42 Å². The van der Waals surface area contributed by atoms with Crippen LogP contribution in [-0.4, -0.2) is 9.97 Å². The minimum Gasteiger partial charge on any atom is -0.456 e. The van der Waals surface area contributed by atoms with E-state index in [1.54, 1.807) is 0 Å². The summed E-state index contributed by atoms with van der Waals surface area (Å²) in [5.74, 6) is 0.683. The molecule has 0 saturated carbocycles. The smallest absolute Gasteiger partial charge is 0.160 e. The molecule has 62 heavy (non-hydrogen) atoms. The lowest BCUT2D eigenvalue weighted by Crippen LogP contribution is -2.28. The molecule has 2 heterocycles. The van der Waals surface area contributed by atoms with Crippen molar-refractivity contribution >= 4 is 21.9 Å². The van der Waals surface area contributed by atoms with E-state index in [-0.39, 0.29) is 0 Å². The van der Waals surface area contributed by atoms with Crippen molar-refractivity contribution in [1.82, 2.24) is 9.97 Å². The summed E-state index contributed by atoms with van der Waals surface area (Å²) in [7, 11) is 0. The predicted octanol–water partition coefficient (Wildman–Crippen LogP) is 15.1. The molecule has 1 aliphatic carbocycles. The first-order valence-electron chi connectivity index (χ1n) is 21.2. The number of furan rings is 1. The molecule has 0 amide bonds. The third kappa shape index (κ3) is 5.59. The van der Waals surface area contributed by atoms with E-state index in [4.69, 9.17) is 14.4 Å². The van der Waals surface area contributed by atoms with Gasteiger partial charge in [0.1, 0.15) is 11.2 Å². The number of aromatic nitrogens is 2. The average Bonchev–Trinajstić information content (AvgIpc) is 3.89. The number of para-hydroxylation sites is 1. The van der Waals surface area contributed by atoms with E-state index >= 15 is 0 Å². The average molecular weight is 791 g/mol. The predicted molar refractivity (Wildman–Crippen MR) is 254 cm³/mol. The fourth-order valence-electron chi connectivity index (χ4n) is 9.94. The van der Waals surface area contributed by atoms with E-state index in [0.29, 0.717) is 5.82 Å². The van der Waals surface area contributed by atoms with Gasteiger partial charge in [-0.2, -0.15) is 0 Å². The van der Waals surface area contributed by atoms with Crippen molar-refractivity contribution in [2.45, 2.75) is 5.41 Å². The van der Waals surface area contributed by atoms with Gasteiger partial charge in [-0.1, -0.05) is 212 Å². The summed E-state index contributed by atoms with van der Waals surface area (Å²) in [4.78, 5) is 10.6. The third-order valence-electron chi connectivity index (χ3n) is 12.6. The van der Waals surface area contributed by atoms with Crippen LogP contribution in [0.1, 0.15) is 22.3 Å². The molecule has 9 aromatic carbocycles. The van der Waals surface area contributed by atoms with Gasteiger partial charge in [0.05, 0.1) is 16.8 Å². The number of nitrogens with zero attached hydrogens (tertiary/aromatic N) is 2. The lowest BCUT2D eigenvalue weighted by Gasteiger charge is -2.34. The van der Waals surface area contributed by atoms with E-state index in [9.17, 15) is 0 Å². The van der Waals surface area contributed by atoms with Gasteiger partial charge in [-0.05, 0) is 73.8 Å². The second-order valence-electron chi connectivity index (χ2n) is 16.0. The molecule has 2 aromatic heterocycles. The zero-order chi connectivity index (χ0) is 41.0.